The van der Waals surface area contributed by atoms with Gasteiger partial charge in [0.05, 0.1) is 0 Å². The molecule has 17 heavy (non-hydrogen) atoms. The van der Waals surface area contributed by atoms with E-state index in [1.54, 1.807) is 16.6 Å². The number of aromatic nitrogens is 4. The van der Waals surface area contributed by atoms with Crippen molar-refractivity contribution in [3.63, 3.8) is 0 Å². The number of nitrogens with zero attached hydrogens (tertiary/aromatic N) is 4. The minimum Gasteiger partial charge on any atom is -0.191 e. The second kappa shape index (κ2) is 4.23. The van der Waals surface area contributed by atoms with Gasteiger partial charge in [-0.2, -0.15) is 9.61 Å². The van der Waals surface area contributed by atoms with Gasteiger partial charge >= 0.3 is 0 Å². The van der Waals surface area contributed by atoms with Crippen molar-refractivity contribution in [2.75, 3.05) is 0 Å². The fourth-order valence-corrected chi connectivity index (χ4v) is 2.26. The molecule has 0 aliphatic rings. The Kier molecular flexibility index (Phi) is 2.71. The molecule has 2 aromatic heterocycles. The zero-order chi connectivity index (χ0) is 11.8. The Bertz CT molecular complexity index is 695. The van der Waals surface area contributed by atoms with E-state index in [1.165, 1.54) is 0 Å². The molecule has 84 valence electrons. The average Bonchev–Trinajstić information content (AvgIpc) is 2.71. The third-order valence-corrected chi connectivity index (χ3v) is 3.19. The number of fused-ring (bicyclic) bond motifs is 1. The van der Waals surface area contributed by atoms with Crippen LogP contribution in [0.4, 0.5) is 0 Å². The lowest BCUT2D eigenvalue weighted by molar-refractivity contribution is 0.936. The molecule has 0 amide bonds. The first-order chi connectivity index (χ1) is 8.24. The highest BCUT2D eigenvalue weighted by Gasteiger charge is 2.09. The van der Waals surface area contributed by atoms with Crippen molar-refractivity contribution in [3.05, 3.63) is 45.1 Å². The summed E-state index contributed by atoms with van der Waals surface area (Å²) in [7, 11) is 0. The van der Waals surface area contributed by atoms with E-state index >= 15 is 0 Å². The van der Waals surface area contributed by atoms with Crippen molar-refractivity contribution in [2.24, 2.45) is 0 Å². The molecule has 4 nitrogen and oxygen atoms in total. The Balaban J connectivity index is 2.27. The van der Waals surface area contributed by atoms with Gasteiger partial charge in [-0.05, 0) is 46.9 Å². The SMILES string of the molecule is Clc1ccc2nnc(-c3cccc(I)c3)n2n1. The van der Waals surface area contributed by atoms with Crippen molar-refractivity contribution in [1.29, 1.82) is 0 Å². The molecule has 0 bridgehead atoms. The van der Waals surface area contributed by atoms with Crippen molar-refractivity contribution >= 4 is 39.8 Å². The maximum atomic E-state index is 5.88. The second-order valence-electron chi connectivity index (χ2n) is 3.46. The molecule has 6 heteroatoms. The quantitative estimate of drug-likeness (QED) is 0.630. The van der Waals surface area contributed by atoms with Crippen molar-refractivity contribution in [1.82, 2.24) is 19.8 Å². The van der Waals surface area contributed by atoms with Gasteiger partial charge in [-0.1, -0.05) is 23.7 Å². The minimum atomic E-state index is 0.421. The van der Waals surface area contributed by atoms with E-state index in [4.69, 9.17) is 11.6 Å². The molecule has 0 aliphatic carbocycles. The fourth-order valence-electron chi connectivity index (χ4n) is 1.57. The summed E-state index contributed by atoms with van der Waals surface area (Å²) in [5.74, 6) is 0.695. The number of rotatable bonds is 1. The summed E-state index contributed by atoms with van der Waals surface area (Å²) in [6.07, 6.45) is 0. The van der Waals surface area contributed by atoms with Gasteiger partial charge in [0.25, 0.3) is 0 Å². The number of halogens is 2. The maximum absolute atomic E-state index is 5.88. The van der Waals surface area contributed by atoms with Crippen LogP contribution in [-0.4, -0.2) is 19.8 Å². The van der Waals surface area contributed by atoms with Gasteiger partial charge in [0.2, 0.25) is 0 Å². The summed E-state index contributed by atoms with van der Waals surface area (Å²) < 4.78 is 2.78. The Morgan fingerprint density at radius 3 is 2.82 bits per heavy atom. The summed E-state index contributed by atoms with van der Waals surface area (Å²) >= 11 is 8.13. The van der Waals surface area contributed by atoms with E-state index < -0.39 is 0 Å². The van der Waals surface area contributed by atoms with Gasteiger partial charge in [-0.25, -0.2) is 0 Å². The van der Waals surface area contributed by atoms with Crippen LogP contribution in [0.3, 0.4) is 0 Å². The van der Waals surface area contributed by atoms with Gasteiger partial charge < -0.3 is 0 Å². The largest absolute Gasteiger partial charge is 0.191 e. The second-order valence-corrected chi connectivity index (χ2v) is 5.09. The lowest BCUT2D eigenvalue weighted by Gasteiger charge is -1.99. The summed E-state index contributed by atoms with van der Waals surface area (Å²) in [5.41, 5.74) is 1.66. The van der Waals surface area contributed by atoms with Crippen LogP contribution < -0.4 is 0 Å². The molecule has 0 saturated heterocycles. The van der Waals surface area contributed by atoms with E-state index in [1.807, 2.05) is 24.3 Å². The van der Waals surface area contributed by atoms with Crippen LogP contribution in [0, 0.1) is 3.57 Å². The smallest absolute Gasteiger partial charge is 0.185 e. The molecule has 0 N–H and O–H groups in total. The molecule has 2 heterocycles. The molecule has 0 radical (unpaired) electrons. The first-order valence-electron chi connectivity index (χ1n) is 4.88. The number of hydrogen-bond donors (Lipinski definition) is 0. The number of hydrogen-bond acceptors (Lipinski definition) is 3. The van der Waals surface area contributed by atoms with E-state index in [-0.39, 0.29) is 0 Å². The molecular formula is C11H6ClIN4. The average molecular weight is 357 g/mol. The summed E-state index contributed by atoms with van der Waals surface area (Å²) in [4.78, 5) is 0. The Labute approximate surface area is 116 Å². The lowest BCUT2D eigenvalue weighted by atomic mass is 10.2. The molecule has 3 rings (SSSR count). The Morgan fingerprint density at radius 2 is 2.00 bits per heavy atom. The van der Waals surface area contributed by atoms with E-state index in [2.05, 4.69) is 37.9 Å². The zero-order valence-electron chi connectivity index (χ0n) is 8.51. The fraction of sp³-hybridized carbons (Fsp3) is 0. The van der Waals surface area contributed by atoms with Gasteiger partial charge in [0.1, 0.15) is 5.15 Å². The van der Waals surface area contributed by atoms with Crippen molar-refractivity contribution in [2.45, 2.75) is 0 Å². The molecule has 0 spiro atoms. The van der Waals surface area contributed by atoms with Crippen LogP contribution in [0.1, 0.15) is 0 Å². The third-order valence-electron chi connectivity index (χ3n) is 2.31. The molecule has 0 saturated carbocycles. The van der Waals surface area contributed by atoms with E-state index in [0.717, 1.165) is 9.13 Å². The molecule has 1 aromatic carbocycles. The van der Waals surface area contributed by atoms with E-state index in [0.29, 0.717) is 16.6 Å². The minimum absolute atomic E-state index is 0.421. The Morgan fingerprint density at radius 1 is 1.12 bits per heavy atom. The van der Waals surface area contributed by atoms with Gasteiger partial charge in [-0.15, -0.1) is 10.2 Å². The molecule has 3 aromatic rings. The van der Waals surface area contributed by atoms with Crippen LogP contribution >= 0.6 is 34.2 Å². The molecule has 0 atom stereocenters. The van der Waals surface area contributed by atoms with Crippen LogP contribution in [0.5, 0.6) is 0 Å². The van der Waals surface area contributed by atoms with E-state index in [9.17, 15) is 0 Å². The molecule has 0 unspecified atom stereocenters. The van der Waals surface area contributed by atoms with Crippen LogP contribution in [0.2, 0.25) is 5.15 Å². The monoisotopic (exact) mass is 356 g/mol. The highest BCUT2D eigenvalue weighted by molar-refractivity contribution is 14.1. The predicted molar refractivity (Wildman–Crippen MR) is 73.9 cm³/mol. The van der Waals surface area contributed by atoms with Crippen LogP contribution in [-0.2, 0) is 0 Å². The van der Waals surface area contributed by atoms with Crippen molar-refractivity contribution < 1.29 is 0 Å². The normalized spacial score (nSPS) is 10.9. The molecule has 0 aliphatic heterocycles. The third kappa shape index (κ3) is 2.00. The first kappa shape index (κ1) is 10.9. The summed E-state index contributed by atoms with van der Waals surface area (Å²) in [6.45, 7) is 0. The lowest BCUT2D eigenvalue weighted by Crippen LogP contribution is -1.94. The highest BCUT2D eigenvalue weighted by atomic mass is 127. The van der Waals surface area contributed by atoms with Gasteiger partial charge in [0, 0.05) is 9.13 Å². The summed E-state index contributed by atoms with van der Waals surface area (Å²) in [6, 6.07) is 11.5. The topological polar surface area (TPSA) is 43.1 Å². The predicted octanol–water partition coefficient (Wildman–Crippen LogP) is 3.05. The summed E-state index contributed by atoms with van der Waals surface area (Å²) in [5, 5.41) is 12.8. The number of benzene rings is 1. The van der Waals surface area contributed by atoms with Gasteiger partial charge in [-0.3, -0.25) is 0 Å². The first-order valence-corrected chi connectivity index (χ1v) is 6.33. The Hall–Kier alpha value is -1.21. The van der Waals surface area contributed by atoms with Crippen LogP contribution in [0.25, 0.3) is 17.0 Å². The molecular weight excluding hydrogens is 351 g/mol. The molecule has 0 fully saturated rings. The van der Waals surface area contributed by atoms with Crippen LogP contribution in [0.15, 0.2) is 36.4 Å². The van der Waals surface area contributed by atoms with Gasteiger partial charge in [0.15, 0.2) is 11.5 Å². The standard InChI is InChI=1S/C11H6ClIN4/c12-9-4-5-10-14-15-11(17(10)16-9)7-2-1-3-8(13)6-7/h1-6H. The highest BCUT2D eigenvalue weighted by Crippen LogP contribution is 2.20. The zero-order valence-corrected chi connectivity index (χ0v) is 11.4. The maximum Gasteiger partial charge on any atom is 0.185 e. The van der Waals surface area contributed by atoms with Crippen molar-refractivity contribution in [3.8, 4) is 11.4 Å².